The summed E-state index contributed by atoms with van der Waals surface area (Å²) in [5, 5.41) is 12.7. The van der Waals surface area contributed by atoms with Crippen LogP contribution >= 0.6 is 0 Å². The van der Waals surface area contributed by atoms with Gasteiger partial charge in [-0.1, -0.05) is 6.07 Å². The quantitative estimate of drug-likeness (QED) is 0.934. The molecule has 0 amide bonds. The molecule has 0 saturated heterocycles. The molecule has 0 fully saturated rings. The summed E-state index contributed by atoms with van der Waals surface area (Å²) in [5.41, 5.74) is 3.93. The van der Waals surface area contributed by atoms with Gasteiger partial charge in [-0.25, -0.2) is 4.98 Å². The number of anilines is 1. The van der Waals surface area contributed by atoms with E-state index in [2.05, 4.69) is 21.4 Å². The minimum absolute atomic E-state index is 0.0208. The van der Waals surface area contributed by atoms with E-state index in [0.717, 1.165) is 24.2 Å². The molecule has 1 aliphatic rings. The van der Waals surface area contributed by atoms with Crippen molar-refractivity contribution in [2.24, 2.45) is 0 Å². The predicted octanol–water partition coefficient (Wildman–Crippen LogP) is 3.40. The third-order valence-corrected chi connectivity index (χ3v) is 3.91. The summed E-state index contributed by atoms with van der Waals surface area (Å²) in [6, 6.07) is 10.1. The summed E-state index contributed by atoms with van der Waals surface area (Å²) in [4.78, 5) is 9.03. The zero-order valence-corrected chi connectivity index (χ0v) is 12.1. The van der Waals surface area contributed by atoms with E-state index in [1.807, 2.05) is 31.2 Å². The molecule has 0 aliphatic heterocycles. The van der Waals surface area contributed by atoms with Crippen molar-refractivity contribution in [2.75, 3.05) is 5.32 Å². The Labute approximate surface area is 124 Å². The monoisotopic (exact) mass is 278 g/mol. The molecule has 0 aromatic carbocycles. The Morgan fingerprint density at radius 3 is 2.90 bits per heavy atom. The lowest BCUT2D eigenvalue weighted by Gasteiger charge is -2.19. The summed E-state index contributed by atoms with van der Waals surface area (Å²) in [5.74, 6) is 0.677. The molecule has 3 rings (SSSR count). The highest BCUT2D eigenvalue weighted by atomic mass is 15.0. The molecule has 0 bridgehead atoms. The number of rotatable bonds is 3. The van der Waals surface area contributed by atoms with Gasteiger partial charge in [-0.2, -0.15) is 5.26 Å². The lowest BCUT2D eigenvalue weighted by Crippen LogP contribution is -2.14. The third kappa shape index (κ3) is 2.87. The SMILES string of the molecule is CC(Nc1nc2c(cc1C#N)CCCC2)c1ccccn1. The van der Waals surface area contributed by atoms with E-state index in [4.69, 9.17) is 0 Å². The van der Waals surface area contributed by atoms with Gasteiger partial charge in [0.15, 0.2) is 0 Å². The van der Waals surface area contributed by atoms with Crippen LogP contribution in [0.5, 0.6) is 0 Å². The molecule has 4 heteroatoms. The topological polar surface area (TPSA) is 61.6 Å². The summed E-state index contributed by atoms with van der Waals surface area (Å²) in [6.45, 7) is 2.03. The molecule has 21 heavy (non-hydrogen) atoms. The number of aryl methyl sites for hydroxylation is 2. The van der Waals surface area contributed by atoms with Crippen LogP contribution in [0.15, 0.2) is 30.5 Å². The highest BCUT2D eigenvalue weighted by Crippen LogP contribution is 2.26. The second kappa shape index (κ2) is 5.92. The van der Waals surface area contributed by atoms with Gasteiger partial charge in [0.1, 0.15) is 11.9 Å². The van der Waals surface area contributed by atoms with E-state index < -0.39 is 0 Å². The van der Waals surface area contributed by atoms with E-state index in [9.17, 15) is 5.26 Å². The zero-order chi connectivity index (χ0) is 14.7. The molecule has 1 N–H and O–H groups in total. The largest absolute Gasteiger partial charge is 0.361 e. The molecule has 1 aliphatic carbocycles. The maximum Gasteiger partial charge on any atom is 0.144 e. The average molecular weight is 278 g/mol. The van der Waals surface area contributed by atoms with Crippen molar-refractivity contribution in [1.82, 2.24) is 9.97 Å². The molecule has 2 aromatic heterocycles. The van der Waals surface area contributed by atoms with Crippen molar-refractivity contribution >= 4 is 5.82 Å². The highest BCUT2D eigenvalue weighted by molar-refractivity contribution is 5.55. The van der Waals surface area contributed by atoms with Crippen LogP contribution in [0.2, 0.25) is 0 Å². The number of nitrogens with one attached hydrogen (secondary N) is 1. The maximum absolute atomic E-state index is 9.36. The van der Waals surface area contributed by atoms with E-state index >= 15 is 0 Å². The lowest BCUT2D eigenvalue weighted by molar-refractivity contribution is 0.667. The number of hydrogen-bond acceptors (Lipinski definition) is 4. The van der Waals surface area contributed by atoms with Crippen molar-refractivity contribution in [2.45, 2.75) is 38.6 Å². The minimum atomic E-state index is 0.0208. The van der Waals surface area contributed by atoms with Gasteiger partial charge in [0.05, 0.1) is 17.3 Å². The fraction of sp³-hybridized carbons (Fsp3) is 0.353. The van der Waals surface area contributed by atoms with Gasteiger partial charge in [-0.3, -0.25) is 4.98 Å². The van der Waals surface area contributed by atoms with Crippen LogP contribution in [0.3, 0.4) is 0 Å². The van der Waals surface area contributed by atoms with Gasteiger partial charge >= 0.3 is 0 Å². The predicted molar refractivity (Wildman–Crippen MR) is 81.9 cm³/mol. The summed E-state index contributed by atoms with van der Waals surface area (Å²) in [7, 11) is 0. The van der Waals surface area contributed by atoms with Crippen molar-refractivity contribution in [3.8, 4) is 6.07 Å². The van der Waals surface area contributed by atoms with Gasteiger partial charge in [-0.15, -0.1) is 0 Å². The maximum atomic E-state index is 9.36. The Hall–Kier alpha value is -2.41. The standard InChI is InChI=1S/C17H18N4/c1-12(15-7-4-5-9-19-15)20-17-14(11-18)10-13-6-2-3-8-16(13)21-17/h4-5,7,9-10,12H,2-3,6,8H2,1H3,(H,20,21). The smallest absolute Gasteiger partial charge is 0.144 e. The normalized spacial score (nSPS) is 14.9. The molecule has 2 aromatic rings. The van der Waals surface area contributed by atoms with Crippen molar-refractivity contribution in [1.29, 1.82) is 5.26 Å². The Morgan fingerprint density at radius 2 is 2.14 bits per heavy atom. The Balaban J connectivity index is 1.89. The Morgan fingerprint density at radius 1 is 1.29 bits per heavy atom. The first-order chi connectivity index (χ1) is 10.3. The van der Waals surface area contributed by atoms with Crippen LogP contribution in [0.25, 0.3) is 0 Å². The molecule has 106 valence electrons. The fourth-order valence-corrected chi connectivity index (χ4v) is 2.74. The second-order valence-corrected chi connectivity index (χ2v) is 5.43. The average Bonchev–Trinajstić information content (AvgIpc) is 2.55. The van der Waals surface area contributed by atoms with E-state index in [1.165, 1.54) is 18.4 Å². The third-order valence-electron chi connectivity index (χ3n) is 3.91. The van der Waals surface area contributed by atoms with Crippen LogP contribution in [0.1, 0.15) is 48.3 Å². The van der Waals surface area contributed by atoms with E-state index in [0.29, 0.717) is 11.4 Å². The van der Waals surface area contributed by atoms with Crippen molar-refractivity contribution in [3.05, 3.63) is 53.0 Å². The Bertz CT molecular complexity index is 673. The molecular formula is C17H18N4. The number of nitriles is 1. The first kappa shape index (κ1) is 13.6. The van der Waals surface area contributed by atoms with Crippen LogP contribution in [0.4, 0.5) is 5.82 Å². The summed E-state index contributed by atoms with van der Waals surface area (Å²) < 4.78 is 0. The van der Waals surface area contributed by atoms with Crippen LogP contribution in [-0.4, -0.2) is 9.97 Å². The molecule has 1 unspecified atom stereocenters. The number of fused-ring (bicyclic) bond motifs is 1. The number of pyridine rings is 2. The van der Waals surface area contributed by atoms with Crippen molar-refractivity contribution < 1.29 is 0 Å². The van der Waals surface area contributed by atoms with Gasteiger partial charge < -0.3 is 5.32 Å². The molecule has 0 saturated carbocycles. The first-order valence-electron chi connectivity index (χ1n) is 7.38. The first-order valence-corrected chi connectivity index (χ1v) is 7.38. The molecular weight excluding hydrogens is 260 g/mol. The van der Waals surface area contributed by atoms with Gasteiger partial charge in [0.2, 0.25) is 0 Å². The minimum Gasteiger partial charge on any atom is -0.361 e. The molecule has 4 nitrogen and oxygen atoms in total. The number of aromatic nitrogens is 2. The molecule has 2 heterocycles. The van der Waals surface area contributed by atoms with Crippen LogP contribution < -0.4 is 5.32 Å². The van der Waals surface area contributed by atoms with Gasteiger partial charge in [-0.05, 0) is 56.4 Å². The van der Waals surface area contributed by atoms with Crippen LogP contribution in [-0.2, 0) is 12.8 Å². The summed E-state index contributed by atoms with van der Waals surface area (Å²) >= 11 is 0. The fourth-order valence-electron chi connectivity index (χ4n) is 2.74. The molecule has 0 spiro atoms. The highest BCUT2D eigenvalue weighted by Gasteiger charge is 2.16. The van der Waals surface area contributed by atoms with Gasteiger partial charge in [0.25, 0.3) is 0 Å². The lowest BCUT2D eigenvalue weighted by atomic mass is 9.95. The number of hydrogen-bond donors (Lipinski definition) is 1. The van der Waals surface area contributed by atoms with Crippen molar-refractivity contribution in [3.63, 3.8) is 0 Å². The van der Waals surface area contributed by atoms with E-state index in [-0.39, 0.29) is 6.04 Å². The Kier molecular flexibility index (Phi) is 3.83. The number of nitrogens with zero attached hydrogens (tertiary/aromatic N) is 3. The second-order valence-electron chi connectivity index (χ2n) is 5.43. The van der Waals surface area contributed by atoms with Crippen LogP contribution in [0, 0.1) is 11.3 Å². The molecule has 0 radical (unpaired) electrons. The van der Waals surface area contributed by atoms with Gasteiger partial charge in [0, 0.05) is 11.9 Å². The molecule has 1 atom stereocenters. The summed E-state index contributed by atoms with van der Waals surface area (Å²) in [6.07, 6.45) is 6.19. The van der Waals surface area contributed by atoms with E-state index in [1.54, 1.807) is 6.20 Å². The zero-order valence-electron chi connectivity index (χ0n) is 12.1.